The summed E-state index contributed by atoms with van der Waals surface area (Å²) in [6.07, 6.45) is 0. The standard InChI is InChI=1S/C22H16FN3O3S2/c23-17-11-9-15(10-12-17)20-14-30-22(24-20)25-21(27)16-5-4-6-18(13-16)26-31(28,29)19-7-2-1-3-8-19/h1-14,26H,(H,24,25,27). The van der Waals surface area contributed by atoms with E-state index in [1.165, 1.54) is 41.7 Å². The topological polar surface area (TPSA) is 88.2 Å². The van der Waals surface area contributed by atoms with E-state index >= 15 is 0 Å². The molecule has 0 unspecified atom stereocenters. The highest BCUT2D eigenvalue weighted by molar-refractivity contribution is 7.92. The molecule has 1 aromatic heterocycles. The van der Waals surface area contributed by atoms with Gasteiger partial charge in [0.25, 0.3) is 15.9 Å². The fourth-order valence-electron chi connectivity index (χ4n) is 2.79. The summed E-state index contributed by atoms with van der Waals surface area (Å²) in [7, 11) is -3.76. The van der Waals surface area contributed by atoms with Gasteiger partial charge in [-0.25, -0.2) is 17.8 Å². The van der Waals surface area contributed by atoms with Crippen molar-refractivity contribution in [1.29, 1.82) is 0 Å². The number of rotatable bonds is 6. The lowest BCUT2D eigenvalue weighted by molar-refractivity contribution is 0.102. The number of aromatic nitrogens is 1. The summed E-state index contributed by atoms with van der Waals surface area (Å²) in [5, 5.41) is 4.83. The molecule has 6 nitrogen and oxygen atoms in total. The molecule has 2 N–H and O–H groups in total. The average Bonchev–Trinajstić information content (AvgIpc) is 3.23. The highest BCUT2D eigenvalue weighted by Crippen LogP contribution is 2.26. The maximum Gasteiger partial charge on any atom is 0.261 e. The molecule has 1 amide bonds. The van der Waals surface area contributed by atoms with Gasteiger partial charge in [0.15, 0.2) is 5.13 Å². The Kier molecular flexibility index (Phi) is 5.79. The molecule has 4 rings (SSSR count). The fourth-order valence-corrected chi connectivity index (χ4v) is 4.58. The van der Waals surface area contributed by atoms with Crippen molar-refractivity contribution in [3.63, 3.8) is 0 Å². The third-order valence-corrected chi connectivity index (χ3v) is 6.45. The van der Waals surface area contributed by atoms with Gasteiger partial charge in [0, 0.05) is 22.2 Å². The number of hydrogen-bond acceptors (Lipinski definition) is 5. The van der Waals surface area contributed by atoms with Gasteiger partial charge < -0.3 is 0 Å². The molecule has 31 heavy (non-hydrogen) atoms. The van der Waals surface area contributed by atoms with Crippen LogP contribution in [-0.4, -0.2) is 19.3 Å². The van der Waals surface area contributed by atoms with Crippen LogP contribution in [0.2, 0.25) is 0 Å². The molecule has 0 bridgehead atoms. The van der Waals surface area contributed by atoms with E-state index in [4.69, 9.17) is 0 Å². The van der Waals surface area contributed by atoms with Gasteiger partial charge >= 0.3 is 0 Å². The Hall–Kier alpha value is -3.56. The molecule has 0 saturated carbocycles. The number of nitrogens with one attached hydrogen (secondary N) is 2. The van der Waals surface area contributed by atoms with Gasteiger partial charge in [-0.15, -0.1) is 11.3 Å². The Balaban J connectivity index is 1.48. The molecule has 0 radical (unpaired) electrons. The number of anilines is 2. The van der Waals surface area contributed by atoms with Gasteiger partial charge in [0.1, 0.15) is 5.82 Å². The van der Waals surface area contributed by atoms with E-state index < -0.39 is 15.9 Å². The number of nitrogens with zero attached hydrogens (tertiary/aromatic N) is 1. The summed E-state index contributed by atoms with van der Waals surface area (Å²) in [5.41, 5.74) is 1.88. The summed E-state index contributed by atoms with van der Waals surface area (Å²) in [5.74, 6) is -0.768. The van der Waals surface area contributed by atoms with Crippen molar-refractivity contribution < 1.29 is 17.6 Å². The maximum absolute atomic E-state index is 13.1. The van der Waals surface area contributed by atoms with Crippen molar-refractivity contribution in [2.24, 2.45) is 0 Å². The molecule has 0 spiro atoms. The molecule has 0 saturated heterocycles. The van der Waals surface area contributed by atoms with Crippen molar-refractivity contribution in [3.8, 4) is 11.3 Å². The summed E-state index contributed by atoms with van der Waals surface area (Å²) >= 11 is 1.23. The SMILES string of the molecule is O=C(Nc1nc(-c2ccc(F)cc2)cs1)c1cccc(NS(=O)(=O)c2ccccc2)c1. The van der Waals surface area contributed by atoms with Gasteiger partial charge in [0.05, 0.1) is 10.6 Å². The molecule has 0 aliphatic carbocycles. The van der Waals surface area contributed by atoms with Gasteiger partial charge in [0.2, 0.25) is 0 Å². The normalized spacial score (nSPS) is 11.1. The quantitative estimate of drug-likeness (QED) is 0.430. The lowest BCUT2D eigenvalue weighted by Crippen LogP contribution is -2.15. The van der Waals surface area contributed by atoms with Crippen LogP contribution in [0.4, 0.5) is 15.2 Å². The first-order chi connectivity index (χ1) is 14.9. The number of sulfonamides is 1. The van der Waals surface area contributed by atoms with Crippen molar-refractivity contribution in [1.82, 2.24) is 4.98 Å². The number of halogens is 1. The molecule has 156 valence electrons. The third kappa shape index (κ3) is 4.96. The Labute approximate surface area is 182 Å². The molecule has 9 heteroatoms. The minimum atomic E-state index is -3.76. The Morgan fingerprint density at radius 3 is 2.42 bits per heavy atom. The molecule has 3 aromatic carbocycles. The fraction of sp³-hybridized carbons (Fsp3) is 0. The van der Waals surface area contributed by atoms with E-state index in [2.05, 4.69) is 15.0 Å². The lowest BCUT2D eigenvalue weighted by Gasteiger charge is -2.09. The van der Waals surface area contributed by atoms with E-state index in [1.807, 2.05) is 0 Å². The van der Waals surface area contributed by atoms with Crippen LogP contribution in [0.3, 0.4) is 0 Å². The first-order valence-electron chi connectivity index (χ1n) is 9.11. The van der Waals surface area contributed by atoms with Gasteiger partial charge in [-0.3, -0.25) is 14.8 Å². The van der Waals surface area contributed by atoms with E-state index in [1.54, 1.807) is 53.9 Å². The van der Waals surface area contributed by atoms with E-state index in [0.29, 0.717) is 10.8 Å². The number of amides is 1. The first kappa shape index (κ1) is 20.7. The van der Waals surface area contributed by atoms with Crippen LogP contribution in [0, 0.1) is 5.82 Å². The zero-order valence-corrected chi connectivity index (χ0v) is 17.6. The Morgan fingerprint density at radius 2 is 1.68 bits per heavy atom. The number of benzene rings is 3. The molecule has 4 aromatic rings. The number of thiazole rings is 1. The highest BCUT2D eigenvalue weighted by atomic mass is 32.2. The summed E-state index contributed by atoms with van der Waals surface area (Å²) in [6, 6.07) is 20.0. The number of carbonyl (C=O) groups is 1. The first-order valence-corrected chi connectivity index (χ1v) is 11.5. The lowest BCUT2D eigenvalue weighted by atomic mass is 10.2. The van der Waals surface area contributed by atoms with Crippen LogP contribution in [-0.2, 0) is 10.0 Å². The molecular formula is C22H16FN3O3S2. The van der Waals surface area contributed by atoms with Gasteiger partial charge in [-0.05, 0) is 54.6 Å². The zero-order valence-electron chi connectivity index (χ0n) is 15.9. The molecule has 0 aliphatic rings. The maximum atomic E-state index is 13.1. The van der Waals surface area contributed by atoms with Crippen LogP contribution in [0.25, 0.3) is 11.3 Å². The van der Waals surface area contributed by atoms with Crippen LogP contribution in [0.1, 0.15) is 10.4 Å². The second-order valence-corrected chi connectivity index (χ2v) is 9.04. The number of hydrogen-bond donors (Lipinski definition) is 2. The smallest absolute Gasteiger partial charge is 0.261 e. The third-order valence-electron chi connectivity index (χ3n) is 4.30. The number of carbonyl (C=O) groups excluding carboxylic acids is 1. The van der Waals surface area contributed by atoms with Crippen LogP contribution < -0.4 is 10.0 Å². The van der Waals surface area contributed by atoms with Gasteiger partial charge in [-0.2, -0.15) is 0 Å². The van der Waals surface area contributed by atoms with E-state index in [9.17, 15) is 17.6 Å². The molecule has 0 atom stereocenters. The average molecular weight is 454 g/mol. The van der Waals surface area contributed by atoms with Crippen LogP contribution in [0.15, 0.2) is 89.1 Å². The largest absolute Gasteiger partial charge is 0.298 e. The minimum Gasteiger partial charge on any atom is -0.298 e. The molecule has 0 aliphatic heterocycles. The predicted molar refractivity (Wildman–Crippen MR) is 119 cm³/mol. The molecule has 0 fully saturated rings. The highest BCUT2D eigenvalue weighted by Gasteiger charge is 2.15. The van der Waals surface area contributed by atoms with Crippen LogP contribution in [0.5, 0.6) is 0 Å². The molecular weight excluding hydrogens is 437 g/mol. The van der Waals surface area contributed by atoms with Crippen molar-refractivity contribution in [2.45, 2.75) is 4.90 Å². The van der Waals surface area contributed by atoms with E-state index in [0.717, 1.165) is 5.56 Å². The second-order valence-electron chi connectivity index (χ2n) is 6.50. The summed E-state index contributed by atoms with van der Waals surface area (Å²) < 4.78 is 40.5. The predicted octanol–water partition coefficient (Wildman–Crippen LogP) is 5.00. The minimum absolute atomic E-state index is 0.126. The Morgan fingerprint density at radius 1 is 0.935 bits per heavy atom. The Bertz CT molecular complexity index is 1320. The van der Waals surface area contributed by atoms with Crippen molar-refractivity contribution in [3.05, 3.63) is 95.6 Å². The summed E-state index contributed by atoms with van der Waals surface area (Å²) in [4.78, 5) is 17.1. The van der Waals surface area contributed by atoms with Crippen LogP contribution >= 0.6 is 11.3 Å². The van der Waals surface area contributed by atoms with Gasteiger partial charge in [-0.1, -0.05) is 24.3 Å². The second kappa shape index (κ2) is 8.66. The van der Waals surface area contributed by atoms with Crippen molar-refractivity contribution >= 4 is 38.1 Å². The molecule has 1 heterocycles. The summed E-state index contributed by atoms with van der Waals surface area (Å²) in [6.45, 7) is 0. The van der Waals surface area contributed by atoms with E-state index in [-0.39, 0.29) is 22.0 Å². The van der Waals surface area contributed by atoms with Crippen molar-refractivity contribution in [2.75, 3.05) is 10.0 Å². The monoisotopic (exact) mass is 453 g/mol. The zero-order chi connectivity index (χ0) is 21.8.